The lowest BCUT2D eigenvalue weighted by Crippen LogP contribution is -2.58. The van der Waals surface area contributed by atoms with Gasteiger partial charge in [0.05, 0.1) is 35.6 Å². The van der Waals surface area contributed by atoms with Crippen molar-refractivity contribution in [3.63, 3.8) is 0 Å². The van der Waals surface area contributed by atoms with Gasteiger partial charge in [0.15, 0.2) is 5.69 Å². The quantitative estimate of drug-likeness (QED) is 0.377. The van der Waals surface area contributed by atoms with Gasteiger partial charge in [-0.25, -0.2) is 13.8 Å². The van der Waals surface area contributed by atoms with E-state index in [9.17, 15) is 26.7 Å². The van der Waals surface area contributed by atoms with Crippen LogP contribution in [0.4, 0.5) is 22.0 Å². The third-order valence-electron chi connectivity index (χ3n) is 5.60. The summed E-state index contributed by atoms with van der Waals surface area (Å²) in [6.45, 7) is 3.53. The number of allylic oxidation sites excluding steroid dienone is 1. The Morgan fingerprint density at radius 1 is 1.36 bits per heavy atom. The molecule has 0 saturated carbocycles. The van der Waals surface area contributed by atoms with Gasteiger partial charge in [-0.1, -0.05) is 13.5 Å². The zero-order valence-electron chi connectivity index (χ0n) is 19.8. The summed E-state index contributed by atoms with van der Waals surface area (Å²) in [5.74, 6) is -4.72. The highest BCUT2D eigenvalue weighted by Crippen LogP contribution is 2.35. The Labute approximate surface area is 203 Å². The van der Waals surface area contributed by atoms with Gasteiger partial charge in [0, 0.05) is 51.9 Å². The molecular formula is C22H25F5N8O. The number of nitrogens with one attached hydrogen (secondary N) is 1. The Morgan fingerprint density at radius 3 is 2.69 bits per heavy atom. The highest BCUT2D eigenvalue weighted by atomic mass is 19.4. The zero-order valence-corrected chi connectivity index (χ0v) is 19.8. The summed E-state index contributed by atoms with van der Waals surface area (Å²) in [6.07, 6.45) is 1.23. The van der Waals surface area contributed by atoms with Crippen molar-refractivity contribution in [2.75, 3.05) is 20.1 Å². The van der Waals surface area contributed by atoms with E-state index in [0.717, 1.165) is 4.90 Å². The largest absolute Gasteiger partial charge is 0.417 e. The summed E-state index contributed by atoms with van der Waals surface area (Å²) in [5, 5.41) is 6.93. The minimum absolute atomic E-state index is 0.0724. The van der Waals surface area contributed by atoms with Gasteiger partial charge in [-0.05, 0) is 5.92 Å². The number of carbonyl (C=O) groups excluding carboxylic acids is 1. The third kappa shape index (κ3) is 6.29. The number of amides is 1. The predicted molar refractivity (Wildman–Crippen MR) is 123 cm³/mol. The maximum Gasteiger partial charge on any atom is 0.417 e. The number of aromatic nitrogens is 4. The average molecular weight is 512 g/mol. The summed E-state index contributed by atoms with van der Waals surface area (Å²) in [6, 6.07) is -0.758. The van der Waals surface area contributed by atoms with Gasteiger partial charge in [-0.3, -0.25) is 24.4 Å². The molecule has 1 N–H and O–H groups in total. The molecule has 1 amide bonds. The number of halogens is 5. The van der Waals surface area contributed by atoms with E-state index in [0.29, 0.717) is 17.5 Å². The molecule has 9 nitrogen and oxygen atoms in total. The maximum absolute atomic E-state index is 14.5. The van der Waals surface area contributed by atoms with Gasteiger partial charge in [0.2, 0.25) is 5.96 Å². The number of guanidine groups is 1. The zero-order chi connectivity index (χ0) is 26.7. The van der Waals surface area contributed by atoms with Crippen LogP contribution >= 0.6 is 0 Å². The first-order valence-electron chi connectivity index (χ1n) is 10.8. The topological polar surface area (TPSA) is 101 Å². The molecule has 36 heavy (non-hydrogen) atoms. The van der Waals surface area contributed by atoms with E-state index in [2.05, 4.69) is 36.9 Å². The number of carbonyl (C=O) groups is 1. The van der Waals surface area contributed by atoms with E-state index in [-0.39, 0.29) is 18.2 Å². The minimum Gasteiger partial charge on any atom is -0.352 e. The molecule has 1 aliphatic heterocycles. The molecule has 2 aromatic heterocycles. The second-order valence-electron chi connectivity index (χ2n) is 8.40. The summed E-state index contributed by atoms with van der Waals surface area (Å²) >= 11 is 0. The molecule has 0 aromatic carbocycles. The molecule has 0 aliphatic carbocycles. The lowest BCUT2D eigenvalue weighted by molar-refractivity contribution is -0.0910. The van der Waals surface area contributed by atoms with E-state index in [1.807, 2.05) is 0 Å². The Balaban J connectivity index is 1.87. The summed E-state index contributed by atoms with van der Waals surface area (Å²) in [4.78, 5) is 30.1. The van der Waals surface area contributed by atoms with Crippen molar-refractivity contribution in [1.82, 2.24) is 30.0 Å². The van der Waals surface area contributed by atoms with Crippen LogP contribution in [0.15, 0.2) is 46.9 Å². The molecular weight excluding hydrogens is 487 g/mol. The van der Waals surface area contributed by atoms with Crippen LogP contribution in [0.3, 0.4) is 0 Å². The van der Waals surface area contributed by atoms with Crippen molar-refractivity contribution < 1.29 is 26.7 Å². The summed E-state index contributed by atoms with van der Waals surface area (Å²) < 4.78 is 68.5. The summed E-state index contributed by atoms with van der Waals surface area (Å²) in [7, 11) is 2.89. The highest BCUT2D eigenvalue weighted by Gasteiger charge is 2.47. The van der Waals surface area contributed by atoms with Crippen LogP contribution in [0, 0.1) is 5.92 Å². The highest BCUT2D eigenvalue weighted by molar-refractivity contribution is 5.99. The first-order chi connectivity index (χ1) is 16.8. The van der Waals surface area contributed by atoms with Crippen molar-refractivity contribution in [3.05, 3.63) is 42.6 Å². The molecule has 14 heteroatoms. The SMILES string of the molecule is C=C(C=NC(=NC)NC[C@@H]1[C@H](C)CC(F)(F)CN1C(=O)c1nn(C)cc1-c1cnccn1)C(F)(F)F. The molecule has 194 valence electrons. The molecule has 0 spiro atoms. The Bertz CT molecular complexity index is 1160. The van der Waals surface area contributed by atoms with E-state index in [4.69, 9.17) is 0 Å². The number of rotatable bonds is 5. The molecule has 1 aliphatic rings. The fourth-order valence-corrected chi connectivity index (χ4v) is 3.88. The Hall–Kier alpha value is -3.71. The molecule has 2 aromatic rings. The van der Waals surface area contributed by atoms with Crippen LogP contribution < -0.4 is 5.32 Å². The smallest absolute Gasteiger partial charge is 0.352 e. The van der Waals surface area contributed by atoms with Crippen molar-refractivity contribution >= 4 is 18.1 Å². The minimum atomic E-state index is -4.65. The molecule has 1 fully saturated rings. The first kappa shape index (κ1) is 26.9. The van der Waals surface area contributed by atoms with Crippen LogP contribution in [0.1, 0.15) is 23.8 Å². The van der Waals surface area contributed by atoms with E-state index in [1.165, 1.54) is 30.3 Å². The second kappa shape index (κ2) is 10.5. The monoisotopic (exact) mass is 512 g/mol. The number of hydrogen-bond donors (Lipinski definition) is 1. The number of aryl methyl sites for hydroxylation is 1. The average Bonchev–Trinajstić information content (AvgIpc) is 3.20. The van der Waals surface area contributed by atoms with Crippen LogP contribution in [0.2, 0.25) is 0 Å². The van der Waals surface area contributed by atoms with Gasteiger partial charge in [-0.15, -0.1) is 0 Å². The van der Waals surface area contributed by atoms with Crippen LogP contribution in [-0.2, 0) is 7.05 Å². The standard InChI is InChI=1S/C22H25F5N8O/c1-13-7-21(23,24)12-35(17(13)10-32-20(28-3)31-8-14(2)22(25,26)27)19(36)18-15(11-34(4)33-18)16-9-29-5-6-30-16/h5-6,8-9,11,13,17H,2,7,10,12H2,1,3-4H3,(H,28,32)/t13-,17-/m1/s1. The fraction of sp³-hybridized carbons (Fsp3) is 0.455. The number of aliphatic imine (C=N–C) groups is 2. The lowest BCUT2D eigenvalue weighted by Gasteiger charge is -2.43. The Kier molecular flexibility index (Phi) is 7.84. The maximum atomic E-state index is 14.5. The van der Waals surface area contributed by atoms with E-state index >= 15 is 0 Å². The van der Waals surface area contributed by atoms with E-state index < -0.39 is 48.5 Å². The molecule has 3 heterocycles. The number of likely N-dealkylation sites (tertiary alicyclic amines) is 1. The van der Waals surface area contributed by atoms with Crippen LogP contribution in [0.5, 0.6) is 0 Å². The van der Waals surface area contributed by atoms with Gasteiger partial charge >= 0.3 is 6.18 Å². The van der Waals surface area contributed by atoms with E-state index in [1.54, 1.807) is 20.2 Å². The number of hydrogen-bond acceptors (Lipinski definition) is 5. The number of alkyl halides is 5. The third-order valence-corrected chi connectivity index (χ3v) is 5.60. The summed E-state index contributed by atoms with van der Waals surface area (Å²) in [5.41, 5.74) is -0.577. The van der Waals surface area contributed by atoms with Gasteiger partial charge in [0.1, 0.15) is 0 Å². The normalized spacial score (nSPS) is 20.6. The Morgan fingerprint density at radius 2 is 2.08 bits per heavy atom. The van der Waals surface area contributed by atoms with Gasteiger partial charge in [0.25, 0.3) is 11.8 Å². The molecule has 0 radical (unpaired) electrons. The van der Waals surface area contributed by atoms with Crippen molar-refractivity contribution in [3.8, 4) is 11.3 Å². The molecule has 0 bridgehead atoms. The molecule has 2 atom stereocenters. The van der Waals surface area contributed by atoms with Crippen molar-refractivity contribution in [2.45, 2.75) is 31.5 Å². The van der Waals surface area contributed by atoms with Crippen LogP contribution in [-0.4, -0.2) is 81.0 Å². The second-order valence-corrected chi connectivity index (χ2v) is 8.40. The van der Waals surface area contributed by atoms with Gasteiger partial charge < -0.3 is 10.2 Å². The number of piperidine rings is 1. The number of nitrogens with zero attached hydrogens (tertiary/aromatic N) is 7. The lowest BCUT2D eigenvalue weighted by atomic mass is 9.88. The molecule has 1 saturated heterocycles. The predicted octanol–water partition coefficient (Wildman–Crippen LogP) is 3.13. The van der Waals surface area contributed by atoms with Crippen molar-refractivity contribution in [2.24, 2.45) is 23.0 Å². The van der Waals surface area contributed by atoms with Gasteiger partial charge in [-0.2, -0.15) is 18.3 Å². The van der Waals surface area contributed by atoms with Crippen LogP contribution in [0.25, 0.3) is 11.3 Å². The molecule has 0 unspecified atom stereocenters. The first-order valence-corrected chi connectivity index (χ1v) is 10.8. The fourth-order valence-electron chi connectivity index (χ4n) is 3.88. The molecule has 3 rings (SSSR count). The van der Waals surface area contributed by atoms with Crippen molar-refractivity contribution in [1.29, 1.82) is 0 Å².